The molecule has 0 aliphatic carbocycles. The number of benzene rings is 1. The summed E-state index contributed by atoms with van der Waals surface area (Å²) in [6.07, 6.45) is 9.73. The predicted molar refractivity (Wildman–Crippen MR) is 138 cm³/mol. The van der Waals surface area contributed by atoms with Gasteiger partial charge in [-0.05, 0) is 63.8 Å². The summed E-state index contributed by atoms with van der Waals surface area (Å²) in [6, 6.07) is 6.28. The highest BCUT2D eigenvalue weighted by Crippen LogP contribution is 2.29. The molecule has 0 unspecified atom stereocenters. The number of ether oxygens (including phenoxy) is 2. The SMILES string of the molecule is CCO[Si](CCCCCCCCC/C(=C\c1ccc(OC)c(OC)c1)C(=O)O)(OCC)OCC. The molecule has 1 rings (SSSR count). The summed E-state index contributed by atoms with van der Waals surface area (Å²) in [5, 5.41) is 9.59. The molecule has 7 nitrogen and oxygen atoms in total. The first-order valence-electron chi connectivity index (χ1n) is 12.5. The van der Waals surface area contributed by atoms with Crippen molar-refractivity contribution in [1.82, 2.24) is 0 Å². The lowest BCUT2D eigenvalue weighted by atomic mass is 10.0. The van der Waals surface area contributed by atoms with Gasteiger partial charge in [0, 0.05) is 31.4 Å². The van der Waals surface area contributed by atoms with Crippen LogP contribution in [0.15, 0.2) is 23.8 Å². The summed E-state index contributed by atoms with van der Waals surface area (Å²) in [5.74, 6) is 0.336. The van der Waals surface area contributed by atoms with Gasteiger partial charge < -0.3 is 27.9 Å². The van der Waals surface area contributed by atoms with Gasteiger partial charge in [-0.2, -0.15) is 0 Å². The number of aliphatic carboxylic acids is 1. The van der Waals surface area contributed by atoms with Gasteiger partial charge in [0.2, 0.25) is 0 Å². The molecule has 0 spiro atoms. The van der Waals surface area contributed by atoms with E-state index in [4.69, 9.17) is 22.8 Å². The summed E-state index contributed by atoms with van der Waals surface area (Å²) in [6.45, 7) is 7.80. The van der Waals surface area contributed by atoms with E-state index in [-0.39, 0.29) is 0 Å². The second-order valence-corrected chi connectivity index (χ2v) is 10.8. The van der Waals surface area contributed by atoms with Crippen molar-refractivity contribution in [3.05, 3.63) is 29.3 Å². The van der Waals surface area contributed by atoms with Gasteiger partial charge >= 0.3 is 14.8 Å². The maximum atomic E-state index is 11.7. The van der Waals surface area contributed by atoms with E-state index in [2.05, 4.69) is 0 Å². The van der Waals surface area contributed by atoms with Crippen molar-refractivity contribution in [2.45, 2.75) is 78.2 Å². The van der Waals surface area contributed by atoms with E-state index in [9.17, 15) is 9.90 Å². The number of methoxy groups -OCH3 is 2. The van der Waals surface area contributed by atoms with Crippen molar-refractivity contribution < 1.29 is 32.7 Å². The van der Waals surface area contributed by atoms with Crippen molar-refractivity contribution in [2.24, 2.45) is 0 Å². The maximum Gasteiger partial charge on any atom is 0.500 e. The van der Waals surface area contributed by atoms with E-state index >= 15 is 0 Å². The van der Waals surface area contributed by atoms with E-state index in [1.165, 1.54) is 0 Å². The molecule has 0 aliphatic rings. The molecular formula is C26H44O7Si. The van der Waals surface area contributed by atoms with Crippen molar-refractivity contribution in [3.8, 4) is 11.5 Å². The first kappa shape index (κ1) is 30.2. The van der Waals surface area contributed by atoms with Gasteiger partial charge in [0.1, 0.15) is 0 Å². The lowest BCUT2D eigenvalue weighted by molar-refractivity contribution is -0.132. The van der Waals surface area contributed by atoms with Crippen molar-refractivity contribution in [3.63, 3.8) is 0 Å². The zero-order chi connectivity index (χ0) is 25.2. The van der Waals surface area contributed by atoms with Gasteiger partial charge in [0.15, 0.2) is 11.5 Å². The number of carboxylic acids is 1. The third kappa shape index (κ3) is 11.0. The lowest BCUT2D eigenvalue weighted by Gasteiger charge is -2.28. The molecule has 194 valence electrons. The van der Waals surface area contributed by atoms with Gasteiger partial charge in [0.05, 0.1) is 14.2 Å². The number of carboxylic acid groups (broad SMARTS) is 1. The number of hydrogen-bond acceptors (Lipinski definition) is 6. The molecule has 0 bridgehead atoms. The van der Waals surface area contributed by atoms with Crippen LogP contribution < -0.4 is 9.47 Å². The van der Waals surface area contributed by atoms with Crippen LogP contribution in [0.25, 0.3) is 6.08 Å². The molecule has 34 heavy (non-hydrogen) atoms. The van der Waals surface area contributed by atoms with Gasteiger partial charge in [-0.1, -0.05) is 38.2 Å². The number of unbranched alkanes of at least 4 members (excludes halogenated alkanes) is 6. The second kappa shape index (κ2) is 17.5. The monoisotopic (exact) mass is 496 g/mol. The fraction of sp³-hybridized carbons (Fsp3) is 0.654. The van der Waals surface area contributed by atoms with Gasteiger partial charge in [-0.25, -0.2) is 4.79 Å². The fourth-order valence-corrected chi connectivity index (χ4v) is 6.61. The molecule has 0 aromatic heterocycles. The number of rotatable bonds is 20. The summed E-state index contributed by atoms with van der Waals surface area (Å²) in [7, 11) is 0.624. The Morgan fingerprint density at radius 3 is 1.85 bits per heavy atom. The second-order valence-electron chi connectivity index (χ2n) is 8.05. The smallest absolute Gasteiger partial charge is 0.493 e. The Morgan fingerprint density at radius 2 is 1.35 bits per heavy atom. The Morgan fingerprint density at radius 1 is 0.824 bits per heavy atom. The highest BCUT2D eigenvalue weighted by Gasteiger charge is 2.39. The summed E-state index contributed by atoms with van der Waals surface area (Å²) in [4.78, 5) is 11.7. The molecule has 0 amide bonds. The van der Waals surface area contributed by atoms with Crippen LogP contribution in [-0.2, 0) is 18.1 Å². The molecule has 0 radical (unpaired) electrons. The Balaban J connectivity index is 2.38. The van der Waals surface area contributed by atoms with E-state index in [1.807, 2.05) is 26.8 Å². The van der Waals surface area contributed by atoms with Gasteiger partial charge in [0.25, 0.3) is 0 Å². The molecule has 1 N–H and O–H groups in total. The Bertz CT molecular complexity index is 719. The number of carbonyl (C=O) groups is 1. The van der Waals surface area contributed by atoms with Crippen molar-refractivity contribution in [1.29, 1.82) is 0 Å². The minimum atomic E-state index is -2.52. The summed E-state index contributed by atoms with van der Waals surface area (Å²) in [5.41, 5.74) is 1.21. The fourth-order valence-electron chi connectivity index (χ4n) is 3.93. The first-order valence-corrected chi connectivity index (χ1v) is 14.5. The topological polar surface area (TPSA) is 83.5 Å². The zero-order valence-electron chi connectivity index (χ0n) is 21.7. The molecule has 0 saturated heterocycles. The summed E-state index contributed by atoms with van der Waals surface area (Å²) >= 11 is 0. The van der Waals surface area contributed by atoms with Gasteiger partial charge in [-0.3, -0.25) is 0 Å². The van der Waals surface area contributed by atoms with Crippen LogP contribution in [0, 0.1) is 0 Å². The van der Waals surface area contributed by atoms with Crippen molar-refractivity contribution in [2.75, 3.05) is 34.0 Å². The van der Waals surface area contributed by atoms with Crippen LogP contribution in [0.2, 0.25) is 6.04 Å². The van der Waals surface area contributed by atoms with Crippen LogP contribution in [0.4, 0.5) is 0 Å². The molecule has 1 aromatic carbocycles. The highest BCUT2D eigenvalue weighted by molar-refractivity contribution is 6.60. The normalized spacial score (nSPS) is 12.1. The van der Waals surface area contributed by atoms with Crippen LogP contribution in [0.3, 0.4) is 0 Å². The lowest BCUT2D eigenvalue weighted by Crippen LogP contribution is -2.45. The largest absolute Gasteiger partial charge is 0.500 e. The number of hydrogen-bond donors (Lipinski definition) is 1. The van der Waals surface area contributed by atoms with Crippen LogP contribution in [-0.4, -0.2) is 53.9 Å². The van der Waals surface area contributed by atoms with E-state index in [0.717, 1.165) is 56.6 Å². The average molecular weight is 497 g/mol. The van der Waals surface area contributed by atoms with E-state index in [1.54, 1.807) is 32.4 Å². The van der Waals surface area contributed by atoms with Crippen LogP contribution in [0.5, 0.6) is 11.5 Å². The average Bonchev–Trinajstić information content (AvgIpc) is 2.82. The summed E-state index contributed by atoms with van der Waals surface area (Å²) < 4.78 is 28.3. The molecular weight excluding hydrogens is 452 g/mol. The third-order valence-electron chi connectivity index (χ3n) is 5.55. The minimum absolute atomic E-state index is 0.413. The van der Waals surface area contributed by atoms with Crippen LogP contribution >= 0.6 is 0 Å². The molecule has 0 fully saturated rings. The maximum absolute atomic E-state index is 11.7. The molecule has 8 heteroatoms. The highest BCUT2D eigenvalue weighted by atomic mass is 28.4. The van der Waals surface area contributed by atoms with Crippen LogP contribution in [0.1, 0.15) is 77.7 Å². The Kier molecular flexibility index (Phi) is 15.6. The molecule has 0 atom stereocenters. The minimum Gasteiger partial charge on any atom is -0.493 e. The molecule has 0 heterocycles. The quantitative estimate of drug-likeness (QED) is 0.128. The zero-order valence-corrected chi connectivity index (χ0v) is 22.7. The third-order valence-corrected chi connectivity index (χ3v) is 8.70. The first-order chi connectivity index (χ1) is 16.4. The van der Waals surface area contributed by atoms with E-state index in [0.29, 0.717) is 43.3 Å². The van der Waals surface area contributed by atoms with Gasteiger partial charge in [-0.15, -0.1) is 0 Å². The van der Waals surface area contributed by atoms with Crippen molar-refractivity contribution >= 4 is 20.8 Å². The molecule has 0 aliphatic heterocycles. The Labute approximate surface area is 206 Å². The standard InChI is InChI=1S/C26H44O7Si/c1-6-31-34(32-7-2,33-8-3)19-15-13-11-9-10-12-14-16-23(26(27)28)20-22-17-18-24(29-4)25(21-22)30-5/h17-18,20-21H,6-16,19H2,1-5H3,(H,27,28)/b23-20+. The molecule has 1 aromatic rings. The Hall–Kier alpha value is -1.87. The molecule has 0 saturated carbocycles. The predicted octanol–water partition coefficient (Wildman–Crippen LogP) is 6.34. The van der Waals surface area contributed by atoms with E-state index < -0.39 is 14.8 Å².